The highest BCUT2D eigenvalue weighted by Gasteiger charge is 2.42. The van der Waals surface area contributed by atoms with Crippen LogP contribution in [0.3, 0.4) is 0 Å². The first-order valence-electron chi connectivity index (χ1n) is 8.60. The molecule has 21 heavy (non-hydrogen) atoms. The fourth-order valence-corrected chi connectivity index (χ4v) is 4.24. The van der Waals surface area contributed by atoms with Crippen molar-refractivity contribution >= 4 is 0 Å². The van der Waals surface area contributed by atoms with Gasteiger partial charge in [-0.1, -0.05) is 51.0 Å². The molecule has 116 valence electrons. The third-order valence-corrected chi connectivity index (χ3v) is 5.34. The van der Waals surface area contributed by atoms with Gasteiger partial charge in [-0.15, -0.1) is 0 Å². The zero-order valence-corrected chi connectivity index (χ0v) is 13.7. The van der Waals surface area contributed by atoms with Crippen molar-refractivity contribution in [3.05, 3.63) is 35.4 Å². The van der Waals surface area contributed by atoms with Gasteiger partial charge < -0.3 is 10.1 Å². The SMILES string of the molecule is CCc1ccc(C2OCC3(CCCC(C)C3)NC2C)cc1. The molecule has 0 radical (unpaired) electrons. The van der Waals surface area contributed by atoms with Crippen LogP contribution in [0.1, 0.15) is 63.7 Å². The van der Waals surface area contributed by atoms with Crippen LogP contribution in [-0.2, 0) is 11.2 Å². The van der Waals surface area contributed by atoms with Gasteiger partial charge in [-0.25, -0.2) is 0 Å². The Balaban J connectivity index is 1.70. The van der Waals surface area contributed by atoms with Gasteiger partial charge in [0.25, 0.3) is 0 Å². The van der Waals surface area contributed by atoms with Crippen LogP contribution in [-0.4, -0.2) is 18.2 Å². The molecule has 1 N–H and O–H groups in total. The summed E-state index contributed by atoms with van der Waals surface area (Å²) in [5, 5.41) is 3.91. The maximum atomic E-state index is 6.33. The predicted octanol–water partition coefficient (Wildman–Crippen LogP) is 4.25. The van der Waals surface area contributed by atoms with Crippen molar-refractivity contribution in [1.29, 1.82) is 0 Å². The van der Waals surface area contributed by atoms with Gasteiger partial charge in [-0.3, -0.25) is 0 Å². The van der Waals surface area contributed by atoms with E-state index in [0.717, 1.165) is 18.9 Å². The lowest BCUT2D eigenvalue weighted by Gasteiger charge is -2.48. The topological polar surface area (TPSA) is 21.3 Å². The third-order valence-electron chi connectivity index (χ3n) is 5.34. The Labute approximate surface area is 129 Å². The molecule has 2 heteroatoms. The predicted molar refractivity (Wildman–Crippen MR) is 87.5 cm³/mol. The second kappa shape index (κ2) is 6.10. The van der Waals surface area contributed by atoms with Crippen molar-refractivity contribution in [1.82, 2.24) is 5.32 Å². The first-order chi connectivity index (χ1) is 10.1. The van der Waals surface area contributed by atoms with Crippen LogP contribution in [0.4, 0.5) is 0 Å². The Morgan fingerprint density at radius 2 is 2.00 bits per heavy atom. The first-order valence-corrected chi connectivity index (χ1v) is 8.60. The van der Waals surface area contributed by atoms with Gasteiger partial charge >= 0.3 is 0 Å². The van der Waals surface area contributed by atoms with E-state index in [4.69, 9.17) is 4.74 Å². The molecule has 1 aromatic rings. The number of aryl methyl sites for hydroxylation is 1. The van der Waals surface area contributed by atoms with E-state index in [0.29, 0.717) is 6.04 Å². The zero-order valence-electron chi connectivity index (χ0n) is 13.7. The number of ether oxygens (including phenoxy) is 1. The highest BCUT2D eigenvalue weighted by Crippen LogP contribution is 2.38. The van der Waals surface area contributed by atoms with Crippen LogP contribution < -0.4 is 5.32 Å². The molecule has 2 nitrogen and oxygen atoms in total. The van der Waals surface area contributed by atoms with Crippen molar-refractivity contribution < 1.29 is 4.74 Å². The Kier molecular flexibility index (Phi) is 4.37. The second-order valence-electron chi connectivity index (χ2n) is 7.24. The van der Waals surface area contributed by atoms with Gasteiger partial charge in [-0.2, -0.15) is 0 Å². The maximum absolute atomic E-state index is 6.33. The Hall–Kier alpha value is -0.860. The van der Waals surface area contributed by atoms with Gasteiger partial charge in [0.2, 0.25) is 0 Å². The highest BCUT2D eigenvalue weighted by atomic mass is 16.5. The minimum absolute atomic E-state index is 0.193. The molecule has 0 amide bonds. The molecule has 4 unspecified atom stereocenters. The fourth-order valence-electron chi connectivity index (χ4n) is 4.24. The zero-order chi connectivity index (χ0) is 14.9. The smallest absolute Gasteiger partial charge is 0.0976 e. The van der Waals surface area contributed by atoms with E-state index in [9.17, 15) is 0 Å². The van der Waals surface area contributed by atoms with E-state index in [-0.39, 0.29) is 11.6 Å². The summed E-state index contributed by atoms with van der Waals surface area (Å²) in [6.07, 6.45) is 6.53. The monoisotopic (exact) mass is 287 g/mol. The number of morpholine rings is 1. The van der Waals surface area contributed by atoms with Gasteiger partial charge in [-0.05, 0) is 43.2 Å². The summed E-state index contributed by atoms with van der Waals surface area (Å²) < 4.78 is 6.33. The average Bonchev–Trinajstić information content (AvgIpc) is 2.47. The van der Waals surface area contributed by atoms with Crippen molar-refractivity contribution in [3.63, 3.8) is 0 Å². The van der Waals surface area contributed by atoms with E-state index in [1.165, 1.54) is 36.8 Å². The molecule has 1 heterocycles. The van der Waals surface area contributed by atoms with Crippen molar-refractivity contribution in [2.45, 2.75) is 70.6 Å². The molecule has 3 rings (SSSR count). The summed E-state index contributed by atoms with van der Waals surface area (Å²) >= 11 is 0. The molecule has 1 aliphatic carbocycles. The molecular formula is C19H29NO. The molecule has 1 saturated carbocycles. The molecule has 0 bridgehead atoms. The van der Waals surface area contributed by atoms with Crippen molar-refractivity contribution in [2.75, 3.05) is 6.61 Å². The number of nitrogens with one attached hydrogen (secondary N) is 1. The summed E-state index contributed by atoms with van der Waals surface area (Å²) in [6, 6.07) is 9.33. The minimum Gasteiger partial charge on any atom is -0.370 e. The highest BCUT2D eigenvalue weighted by molar-refractivity contribution is 5.26. The molecule has 0 aromatic heterocycles. The molecule has 1 aliphatic heterocycles. The lowest BCUT2D eigenvalue weighted by atomic mass is 9.75. The second-order valence-corrected chi connectivity index (χ2v) is 7.24. The molecule has 1 aromatic carbocycles. The fraction of sp³-hybridized carbons (Fsp3) is 0.684. The third kappa shape index (κ3) is 3.17. The number of rotatable bonds is 2. The summed E-state index contributed by atoms with van der Waals surface area (Å²) in [5.74, 6) is 0.822. The van der Waals surface area contributed by atoms with Gasteiger partial charge in [0.05, 0.1) is 12.7 Å². The van der Waals surface area contributed by atoms with E-state index in [1.807, 2.05) is 0 Å². The van der Waals surface area contributed by atoms with Gasteiger partial charge in [0.1, 0.15) is 0 Å². The Bertz CT molecular complexity index is 469. The van der Waals surface area contributed by atoms with Crippen LogP contribution in [0, 0.1) is 5.92 Å². The van der Waals surface area contributed by atoms with Crippen LogP contribution in [0.5, 0.6) is 0 Å². The molecule has 2 fully saturated rings. The average molecular weight is 287 g/mol. The number of hydrogen-bond acceptors (Lipinski definition) is 2. The quantitative estimate of drug-likeness (QED) is 0.878. The summed E-state index contributed by atoms with van der Waals surface area (Å²) in [7, 11) is 0. The minimum atomic E-state index is 0.193. The van der Waals surface area contributed by atoms with Gasteiger partial charge in [0.15, 0.2) is 0 Å². The largest absolute Gasteiger partial charge is 0.370 e. The van der Waals surface area contributed by atoms with Crippen LogP contribution in [0.2, 0.25) is 0 Å². The first kappa shape index (κ1) is 15.1. The molecule has 4 atom stereocenters. The van der Waals surface area contributed by atoms with Crippen LogP contribution >= 0.6 is 0 Å². The summed E-state index contributed by atoms with van der Waals surface area (Å²) in [4.78, 5) is 0. The van der Waals surface area contributed by atoms with Crippen LogP contribution in [0.25, 0.3) is 0 Å². The molecule has 1 spiro atoms. The van der Waals surface area contributed by atoms with E-state index < -0.39 is 0 Å². The van der Waals surface area contributed by atoms with E-state index >= 15 is 0 Å². The Morgan fingerprint density at radius 1 is 1.24 bits per heavy atom. The molecule has 1 saturated heterocycles. The Morgan fingerprint density at radius 3 is 2.62 bits per heavy atom. The number of benzene rings is 1. The van der Waals surface area contributed by atoms with Crippen molar-refractivity contribution in [3.8, 4) is 0 Å². The normalized spacial score (nSPS) is 36.8. The van der Waals surface area contributed by atoms with E-state index in [2.05, 4.69) is 50.4 Å². The van der Waals surface area contributed by atoms with Crippen LogP contribution in [0.15, 0.2) is 24.3 Å². The maximum Gasteiger partial charge on any atom is 0.0976 e. The van der Waals surface area contributed by atoms with Gasteiger partial charge in [0, 0.05) is 11.6 Å². The molecule has 2 aliphatic rings. The summed E-state index contributed by atoms with van der Waals surface area (Å²) in [5.41, 5.74) is 2.94. The molecular weight excluding hydrogens is 258 g/mol. The lowest BCUT2D eigenvalue weighted by molar-refractivity contribution is -0.0767. The lowest BCUT2D eigenvalue weighted by Crippen LogP contribution is -2.60. The van der Waals surface area contributed by atoms with Crippen molar-refractivity contribution in [2.24, 2.45) is 5.92 Å². The summed E-state index contributed by atoms with van der Waals surface area (Å²) in [6.45, 7) is 7.72. The van der Waals surface area contributed by atoms with E-state index in [1.54, 1.807) is 0 Å². The number of hydrogen-bond donors (Lipinski definition) is 1. The standard InChI is InChI=1S/C19H29NO/c1-4-16-7-9-17(10-8-16)18-15(3)20-19(13-21-18)11-5-6-14(2)12-19/h7-10,14-15,18,20H,4-6,11-13H2,1-3H3.